The van der Waals surface area contributed by atoms with Gasteiger partial charge in [-0.3, -0.25) is 14.4 Å². The van der Waals surface area contributed by atoms with Gasteiger partial charge in [-0.05, 0) is 61.7 Å². The predicted octanol–water partition coefficient (Wildman–Crippen LogP) is 7.62. The van der Waals surface area contributed by atoms with Gasteiger partial charge in [0.15, 0.2) is 5.16 Å². The molecule has 230 valence electrons. The second-order valence-corrected chi connectivity index (χ2v) is 12.1. The van der Waals surface area contributed by atoms with E-state index in [2.05, 4.69) is 20.0 Å². The Morgan fingerprint density at radius 3 is 2.60 bits per heavy atom. The molecule has 2 N–H and O–H groups in total. The molecule has 1 aromatic heterocycles. The maximum absolute atomic E-state index is 13.0. The molecular weight excluding hydrogens is 633 g/mol. The molecule has 5 rings (SSSR count). The molecular formula is C33H29Cl2N5O4S. The summed E-state index contributed by atoms with van der Waals surface area (Å²) in [6, 6.07) is 19.6. The van der Waals surface area contributed by atoms with Crippen molar-refractivity contribution in [1.29, 1.82) is 0 Å². The topological polar surface area (TPSA) is 109 Å². The number of hydrogen-bond donors (Lipinski definition) is 2. The van der Waals surface area contributed by atoms with E-state index in [-0.39, 0.29) is 23.5 Å². The number of amides is 1. The molecule has 9 nitrogen and oxygen atoms in total. The number of piperidine rings is 1. The van der Waals surface area contributed by atoms with Gasteiger partial charge in [-0.15, -0.1) is 0 Å². The number of benzene rings is 3. The van der Waals surface area contributed by atoms with Crippen molar-refractivity contribution in [2.45, 2.75) is 30.7 Å². The highest BCUT2D eigenvalue weighted by Crippen LogP contribution is 2.37. The molecule has 1 aliphatic rings. The predicted molar refractivity (Wildman–Crippen MR) is 179 cm³/mol. The molecule has 0 aliphatic carbocycles. The molecule has 1 saturated heterocycles. The quantitative estimate of drug-likeness (QED) is 0.0822. The standard InChI is InChI=1S/C33H29Cl2N5O4S/c1-3-44-32(43)21-13-15-40(16-14-21)27-10-5-4-9-24(27)28-29(36-2)31(42)39-33(38-28)45-19-20-7-6-8-23(17-20)37-30(41)22-11-12-25(34)26(35)18-22/h4-12,17-18,21H,3,13-16,19H2,1H3,(H,37,41)(H,38,39,42). The highest BCUT2D eigenvalue weighted by Gasteiger charge is 2.28. The monoisotopic (exact) mass is 661 g/mol. The van der Waals surface area contributed by atoms with Crippen LogP contribution in [0.1, 0.15) is 35.7 Å². The number of H-pyrrole nitrogens is 1. The Morgan fingerprint density at radius 2 is 1.87 bits per heavy atom. The largest absolute Gasteiger partial charge is 0.466 e. The molecule has 1 amide bonds. The van der Waals surface area contributed by atoms with Crippen LogP contribution in [0, 0.1) is 12.5 Å². The van der Waals surface area contributed by atoms with Gasteiger partial charge in [-0.25, -0.2) is 9.83 Å². The summed E-state index contributed by atoms with van der Waals surface area (Å²) in [7, 11) is 0. The lowest BCUT2D eigenvalue weighted by Crippen LogP contribution is -2.37. The molecule has 1 fully saturated rings. The van der Waals surface area contributed by atoms with Crippen LogP contribution in [0.4, 0.5) is 17.1 Å². The van der Waals surface area contributed by atoms with Gasteiger partial charge in [-0.1, -0.05) is 65.3 Å². The van der Waals surface area contributed by atoms with Gasteiger partial charge >= 0.3 is 5.97 Å². The number of nitrogens with zero attached hydrogens (tertiary/aromatic N) is 3. The van der Waals surface area contributed by atoms with Crippen molar-refractivity contribution in [2.75, 3.05) is 29.9 Å². The second kappa shape index (κ2) is 14.7. The number of para-hydroxylation sites is 1. The number of nitrogens with one attached hydrogen (secondary N) is 2. The van der Waals surface area contributed by atoms with Gasteiger partial charge in [0.1, 0.15) is 0 Å². The van der Waals surface area contributed by atoms with Crippen LogP contribution < -0.4 is 15.8 Å². The van der Waals surface area contributed by atoms with Crippen molar-refractivity contribution >= 4 is 63.9 Å². The number of hydrogen-bond acceptors (Lipinski definition) is 7. The summed E-state index contributed by atoms with van der Waals surface area (Å²) in [6.07, 6.45) is 1.30. The molecule has 1 aliphatic heterocycles. The van der Waals surface area contributed by atoms with Crippen LogP contribution in [0.3, 0.4) is 0 Å². The first kappa shape index (κ1) is 32.1. The Morgan fingerprint density at radius 1 is 1.09 bits per heavy atom. The van der Waals surface area contributed by atoms with Crippen LogP contribution in [-0.2, 0) is 15.3 Å². The van der Waals surface area contributed by atoms with Crippen LogP contribution in [0.5, 0.6) is 0 Å². The molecule has 3 aromatic carbocycles. The number of carbonyl (C=O) groups is 2. The Kier molecular flexibility index (Phi) is 10.5. The molecule has 0 spiro atoms. The number of rotatable bonds is 9. The summed E-state index contributed by atoms with van der Waals surface area (Å²) in [5.74, 6) is -0.194. The third-order valence-electron chi connectivity index (χ3n) is 7.34. The summed E-state index contributed by atoms with van der Waals surface area (Å²) in [4.78, 5) is 51.2. The Hall–Kier alpha value is -4.30. The SMILES string of the molecule is [C-]#[N+]c1c(-c2ccccc2N2CCC(C(=O)OCC)CC2)nc(SCc2cccc(NC(=O)c3ccc(Cl)c(Cl)c3)c2)[nH]c1=O. The molecule has 12 heteroatoms. The van der Waals surface area contributed by atoms with Crippen LogP contribution in [0.2, 0.25) is 10.0 Å². The zero-order chi connectivity index (χ0) is 31.9. The van der Waals surface area contributed by atoms with Crippen molar-refractivity contribution in [2.24, 2.45) is 5.92 Å². The van der Waals surface area contributed by atoms with E-state index in [0.29, 0.717) is 76.0 Å². The highest BCUT2D eigenvalue weighted by atomic mass is 35.5. The smallest absolute Gasteiger partial charge is 0.309 e. The molecule has 45 heavy (non-hydrogen) atoms. The normalized spacial score (nSPS) is 13.2. The number of esters is 1. The van der Waals surface area contributed by atoms with Gasteiger partial charge < -0.3 is 19.9 Å². The average Bonchev–Trinajstić information content (AvgIpc) is 3.05. The highest BCUT2D eigenvalue weighted by molar-refractivity contribution is 7.98. The van der Waals surface area contributed by atoms with Gasteiger partial charge in [0.25, 0.3) is 17.2 Å². The van der Waals surface area contributed by atoms with E-state index in [1.165, 1.54) is 17.8 Å². The van der Waals surface area contributed by atoms with Gasteiger partial charge in [-0.2, -0.15) is 0 Å². The molecule has 4 aromatic rings. The molecule has 0 saturated carbocycles. The minimum absolute atomic E-state index is 0.0831. The lowest BCUT2D eigenvalue weighted by atomic mass is 9.95. The minimum atomic E-state index is -0.518. The zero-order valence-corrected chi connectivity index (χ0v) is 26.6. The first-order valence-corrected chi connectivity index (χ1v) is 16.0. The number of carbonyl (C=O) groups excluding carboxylic acids is 2. The number of halogens is 2. The zero-order valence-electron chi connectivity index (χ0n) is 24.3. The summed E-state index contributed by atoms with van der Waals surface area (Å²) in [5, 5.41) is 3.89. The molecule has 0 radical (unpaired) electrons. The van der Waals surface area contributed by atoms with Crippen molar-refractivity contribution in [1.82, 2.24) is 9.97 Å². The van der Waals surface area contributed by atoms with Gasteiger partial charge in [0, 0.05) is 41.3 Å². The summed E-state index contributed by atoms with van der Waals surface area (Å²) >= 11 is 13.3. The second-order valence-electron chi connectivity index (χ2n) is 10.3. The summed E-state index contributed by atoms with van der Waals surface area (Å²) in [5.41, 5.74) is 3.09. The molecule has 0 atom stereocenters. The van der Waals surface area contributed by atoms with Crippen LogP contribution in [0.25, 0.3) is 16.1 Å². The van der Waals surface area contributed by atoms with E-state index in [0.717, 1.165) is 11.3 Å². The van der Waals surface area contributed by atoms with E-state index >= 15 is 0 Å². The third kappa shape index (κ3) is 7.68. The van der Waals surface area contributed by atoms with E-state index in [1.54, 1.807) is 25.1 Å². The number of aromatic amines is 1. The van der Waals surface area contributed by atoms with Crippen molar-refractivity contribution in [3.8, 4) is 11.3 Å². The molecule has 0 bridgehead atoms. The van der Waals surface area contributed by atoms with Gasteiger partial charge in [0.05, 0.1) is 34.8 Å². The van der Waals surface area contributed by atoms with Crippen LogP contribution >= 0.6 is 35.0 Å². The maximum atomic E-state index is 13.0. The van der Waals surface area contributed by atoms with Crippen molar-refractivity contribution in [3.05, 3.63) is 110 Å². The molecule has 0 unspecified atom stereocenters. The van der Waals surface area contributed by atoms with Gasteiger partial charge in [0.2, 0.25) is 0 Å². The van der Waals surface area contributed by atoms with Crippen molar-refractivity contribution in [3.63, 3.8) is 0 Å². The van der Waals surface area contributed by atoms with Crippen LogP contribution in [-0.4, -0.2) is 41.5 Å². The van der Waals surface area contributed by atoms with E-state index in [1.807, 2.05) is 42.5 Å². The van der Waals surface area contributed by atoms with Crippen LogP contribution in [0.15, 0.2) is 76.7 Å². The number of aromatic nitrogens is 2. The minimum Gasteiger partial charge on any atom is -0.466 e. The first-order chi connectivity index (χ1) is 21.8. The third-order valence-corrected chi connectivity index (χ3v) is 9.03. The number of anilines is 2. The molecule has 2 heterocycles. The maximum Gasteiger partial charge on any atom is 0.309 e. The Labute approximate surface area is 274 Å². The summed E-state index contributed by atoms with van der Waals surface area (Å²) < 4.78 is 5.21. The average molecular weight is 663 g/mol. The van der Waals surface area contributed by atoms with E-state index in [4.69, 9.17) is 39.5 Å². The summed E-state index contributed by atoms with van der Waals surface area (Å²) in [6.45, 7) is 11.2. The Balaban J connectivity index is 1.33. The number of ether oxygens (including phenoxy) is 1. The fourth-order valence-corrected chi connectivity index (χ4v) is 6.20. The number of thioether (sulfide) groups is 1. The fourth-order valence-electron chi connectivity index (χ4n) is 5.10. The fraction of sp³-hybridized carbons (Fsp3) is 0.242. The van der Waals surface area contributed by atoms with Crippen molar-refractivity contribution < 1.29 is 14.3 Å². The Bertz CT molecular complexity index is 1830. The van der Waals surface area contributed by atoms with E-state index < -0.39 is 5.56 Å². The lowest BCUT2D eigenvalue weighted by Gasteiger charge is -2.33. The lowest BCUT2D eigenvalue weighted by molar-refractivity contribution is -0.148. The first-order valence-electron chi connectivity index (χ1n) is 14.3. The van der Waals surface area contributed by atoms with E-state index in [9.17, 15) is 14.4 Å².